The highest BCUT2D eigenvalue weighted by Gasteiger charge is 2.38. The fraction of sp³-hybridized carbons (Fsp3) is 0.625. The molecule has 1 saturated heterocycles. The van der Waals surface area contributed by atoms with Crippen LogP contribution in [0.4, 0.5) is 0 Å². The van der Waals surface area contributed by atoms with Crippen LogP contribution in [0.25, 0.3) is 0 Å². The minimum atomic E-state index is -1.60. The molecule has 7 N–H and O–H groups in total. The molecular formula is C16H24N4O9S. The van der Waals surface area contributed by atoms with E-state index in [0.29, 0.717) is 6.42 Å². The fourth-order valence-electron chi connectivity index (χ4n) is 2.90. The summed E-state index contributed by atoms with van der Waals surface area (Å²) in [6.07, 6.45) is -0.836. The highest BCUT2D eigenvalue weighted by molar-refractivity contribution is 7.80. The van der Waals surface area contributed by atoms with Crippen molar-refractivity contribution in [2.24, 2.45) is 5.73 Å². The lowest BCUT2D eigenvalue weighted by atomic mass is 10.1. The van der Waals surface area contributed by atoms with Crippen LogP contribution < -0.4 is 16.4 Å². The number of carbonyl (C=O) groups excluding carboxylic acids is 3. The van der Waals surface area contributed by atoms with Gasteiger partial charge < -0.3 is 36.6 Å². The van der Waals surface area contributed by atoms with Gasteiger partial charge in [-0.15, -0.1) is 0 Å². The minimum absolute atomic E-state index is 0.140. The van der Waals surface area contributed by atoms with Crippen LogP contribution in [0.3, 0.4) is 0 Å². The van der Waals surface area contributed by atoms with E-state index in [1.807, 2.05) is 0 Å². The molecule has 1 rings (SSSR count). The van der Waals surface area contributed by atoms with Gasteiger partial charge in [-0.3, -0.25) is 24.0 Å². The SMILES string of the molecule is NC(CC(=O)O)C(=O)N1CCCC1C(=O)NC(CC(=O)O)C(=O)NC(CS)C(=O)O. The zero-order valence-corrected chi connectivity index (χ0v) is 16.7. The number of nitrogens with two attached hydrogens (primary N) is 1. The van der Waals surface area contributed by atoms with E-state index in [-0.39, 0.29) is 18.7 Å². The molecule has 4 atom stereocenters. The summed E-state index contributed by atoms with van der Waals surface area (Å²) in [5.41, 5.74) is 5.57. The van der Waals surface area contributed by atoms with E-state index in [1.165, 1.54) is 0 Å². The number of thiol groups is 1. The molecular weight excluding hydrogens is 424 g/mol. The lowest BCUT2D eigenvalue weighted by Crippen LogP contribution is -2.57. The van der Waals surface area contributed by atoms with E-state index in [1.54, 1.807) is 0 Å². The van der Waals surface area contributed by atoms with E-state index in [4.69, 9.17) is 21.1 Å². The van der Waals surface area contributed by atoms with Crippen LogP contribution >= 0.6 is 12.6 Å². The van der Waals surface area contributed by atoms with Crippen LogP contribution in [0.2, 0.25) is 0 Å². The molecule has 0 saturated carbocycles. The van der Waals surface area contributed by atoms with Gasteiger partial charge in [-0.25, -0.2) is 4.79 Å². The van der Waals surface area contributed by atoms with Crippen molar-refractivity contribution in [1.29, 1.82) is 0 Å². The number of hydrogen-bond acceptors (Lipinski definition) is 8. The summed E-state index contributed by atoms with van der Waals surface area (Å²) in [7, 11) is 0. The molecule has 0 aliphatic carbocycles. The Labute approximate surface area is 176 Å². The highest BCUT2D eigenvalue weighted by Crippen LogP contribution is 2.19. The van der Waals surface area contributed by atoms with Gasteiger partial charge in [0.25, 0.3) is 0 Å². The van der Waals surface area contributed by atoms with Crippen LogP contribution in [0, 0.1) is 0 Å². The number of carbonyl (C=O) groups is 6. The summed E-state index contributed by atoms with van der Waals surface area (Å²) < 4.78 is 0. The number of hydrogen-bond donors (Lipinski definition) is 7. The second-order valence-corrected chi connectivity index (χ2v) is 7.00. The van der Waals surface area contributed by atoms with E-state index in [0.717, 1.165) is 4.90 Å². The third kappa shape index (κ3) is 7.18. The molecule has 0 bridgehead atoms. The molecule has 4 unspecified atom stereocenters. The number of nitrogens with zero attached hydrogens (tertiary/aromatic N) is 1. The number of likely N-dealkylation sites (tertiary alicyclic amines) is 1. The predicted molar refractivity (Wildman–Crippen MR) is 103 cm³/mol. The van der Waals surface area contributed by atoms with Gasteiger partial charge in [0.1, 0.15) is 18.1 Å². The standard InChI is InChI=1S/C16H24N4O9S/c17-7(4-11(21)22)15(27)20-3-1-2-10(20)14(26)18-8(5-12(23)24)13(25)19-9(6-30)16(28)29/h7-10,30H,1-6,17H2,(H,18,26)(H,19,25)(H,21,22)(H,23,24)(H,28,29). The quantitative estimate of drug-likeness (QED) is 0.161. The first kappa shape index (κ1) is 25.2. The molecule has 14 heteroatoms. The Morgan fingerprint density at radius 2 is 1.60 bits per heavy atom. The Morgan fingerprint density at radius 3 is 2.10 bits per heavy atom. The second-order valence-electron chi connectivity index (χ2n) is 6.64. The molecule has 0 aromatic heterocycles. The first-order valence-electron chi connectivity index (χ1n) is 8.92. The normalized spacial score (nSPS) is 18.7. The van der Waals surface area contributed by atoms with E-state index in [2.05, 4.69) is 23.3 Å². The zero-order valence-electron chi connectivity index (χ0n) is 15.8. The summed E-state index contributed by atoms with van der Waals surface area (Å²) in [5, 5.41) is 31.1. The third-order valence-corrected chi connectivity index (χ3v) is 4.72. The lowest BCUT2D eigenvalue weighted by molar-refractivity contribution is -0.145. The number of carboxylic acids is 3. The van der Waals surface area contributed by atoms with Crippen molar-refractivity contribution in [3.63, 3.8) is 0 Å². The molecule has 1 fully saturated rings. The minimum Gasteiger partial charge on any atom is -0.481 e. The monoisotopic (exact) mass is 448 g/mol. The van der Waals surface area contributed by atoms with Gasteiger partial charge in [-0.05, 0) is 12.8 Å². The summed E-state index contributed by atoms with van der Waals surface area (Å²) in [6.45, 7) is 0.140. The number of carboxylic acid groups (broad SMARTS) is 3. The van der Waals surface area contributed by atoms with Gasteiger partial charge in [-0.1, -0.05) is 0 Å². The lowest BCUT2D eigenvalue weighted by Gasteiger charge is -2.28. The summed E-state index contributed by atoms with van der Waals surface area (Å²) in [4.78, 5) is 71.2. The average Bonchev–Trinajstić information content (AvgIpc) is 3.13. The van der Waals surface area contributed by atoms with E-state index < -0.39 is 72.6 Å². The number of aliphatic carboxylic acids is 3. The van der Waals surface area contributed by atoms with E-state index in [9.17, 15) is 28.8 Å². The van der Waals surface area contributed by atoms with Gasteiger partial charge in [0, 0.05) is 12.3 Å². The van der Waals surface area contributed by atoms with Crippen molar-refractivity contribution in [2.45, 2.75) is 49.9 Å². The van der Waals surface area contributed by atoms with Gasteiger partial charge in [0.15, 0.2) is 0 Å². The highest BCUT2D eigenvalue weighted by atomic mass is 32.1. The van der Waals surface area contributed by atoms with Crippen molar-refractivity contribution in [1.82, 2.24) is 15.5 Å². The van der Waals surface area contributed by atoms with Crippen LogP contribution in [-0.2, 0) is 28.8 Å². The summed E-state index contributed by atoms with van der Waals surface area (Å²) in [6, 6.07) is -5.42. The predicted octanol–water partition coefficient (Wildman–Crippen LogP) is -2.76. The first-order valence-corrected chi connectivity index (χ1v) is 9.55. The topological polar surface area (TPSA) is 216 Å². The Morgan fingerprint density at radius 1 is 1.00 bits per heavy atom. The van der Waals surface area contributed by atoms with Crippen LogP contribution in [0.1, 0.15) is 25.7 Å². The van der Waals surface area contributed by atoms with Crippen LogP contribution in [0.5, 0.6) is 0 Å². The molecule has 1 heterocycles. The summed E-state index contributed by atoms with van der Waals surface area (Å²) in [5.74, 6) is -6.98. The Bertz CT molecular complexity index is 717. The van der Waals surface area contributed by atoms with Crippen LogP contribution in [0.15, 0.2) is 0 Å². The Kier molecular flexibility index (Phi) is 9.52. The number of nitrogens with one attached hydrogen (secondary N) is 2. The molecule has 0 aromatic carbocycles. The Hall–Kier alpha value is -2.87. The molecule has 1 aliphatic rings. The molecule has 0 aromatic rings. The van der Waals surface area contributed by atoms with Gasteiger partial charge >= 0.3 is 17.9 Å². The van der Waals surface area contributed by atoms with Crippen molar-refractivity contribution in [2.75, 3.05) is 12.3 Å². The largest absolute Gasteiger partial charge is 0.481 e. The number of rotatable bonds is 11. The van der Waals surface area contributed by atoms with Crippen molar-refractivity contribution in [3.8, 4) is 0 Å². The molecule has 0 radical (unpaired) electrons. The number of amides is 3. The maximum Gasteiger partial charge on any atom is 0.327 e. The van der Waals surface area contributed by atoms with Gasteiger partial charge in [0.05, 0.1) is 18.9 Å². The van der Waals surface area contributed by atoms with Crippen LogP contribution in [-0.4, -0.2) is 92.3 Å². The van der Waals surface area contributed by atoms with Gasteiger partial charge in [-0.2, -0.15) is 12.6 Å². The summed E-state index contributed by atoms with van der Waals surface area (Å²) >= 11 is 3.79. The maximum absolute atomic E-state index is 12.6. The molecule has 1 aliphatic heterocycles. The maximum atomic E-state index is 12.6. The van der Waals surface area contributed by atoms with Crippen molar-refractivity contribution < 1.29 is 44.1 Å². The third-order valence-electron chi connectivity index (χ3n) is 4.36. The smallest absolute Gasteiger partial charge is 0.327 e. The first-order chi connectivity index (χ1) is 14.0. The van der Waals surface area contributed by atoms with Crippen molar-refractivity contribution >= 4 is 48.3 Å². The fourth-order valence-corrected chi connectivity index (χ4v) is 3.15. The zero-order chi connectivity index (χ0) is 23.0. The van der Waals surface area contributed by atoms with Gasteiger partial charge in [0.2, 0.25) is 17.7 Å². The molecule has 3 amide bonds. The average molecular weight is 448 g/mol. The molecule has 30 heavy (non-hydrogen) atoms. The second kappa shape index (κ2) is 11.3. The molecule has 13 nitrogen and oxygen atoms in total. The van der Waals surface area contributed by atoms with Crippen molar-refractivity contribution in [3.05, 3.63) is 0 Å². The Balaban J connectivity index is 2.90. The molecule has 0 spiro atoms. The molecule has 168 valence electrons. The van der Waals surface area contributed by atoms with E-state index >= 15 is 0 Å².